The van der Waals surface area contributed by atoms with Gasteiger partial charge in [-0.2, -0.15) is 0 Å². The van der Waals surface area contributed by atoms with Crippen LogP contribution in [0.2, 0.25) is 0 Å². The SMILES string of the molecule is CCC(C)C(=O)Nc1cccc(CNC(=O)CNC(=O)[C@@H](N)C(C)C)c1. The molecule has 3 amide bonds. The minimum atomic E-state index is -0.631. The van der Waals surface area contributed by atoms with E-state index in [0.29, 0.717) is 12.2 Å². The predicted octanol–water partition coefficient (Wildman–Crippen LogP) is 1.39. The molecule has 1 unspecified atom stereocenters. The lowest BCUT2D eigenvalue weighted by Gasteiger charge is -2.15. The van der Waals surface area contributed by atoms with E-state index in [1.807, 2.05) is 45.9 Å². The number of carbonyl (C=O) groups excluding carboxylic acids is 3. The molecular formula is C19H30N4O3. The molecule has 0 aliphatic rings. The largest absolute Gasteiger partial charge is 0.350 e. The Kier molecular flexibility index (Phi) is 8.78. The van der Waals surface area contributed by atoms with E-state index in [1.54, 1.807) is 6.07 Å². The molecule has 0 aliphatic carbocycles. The van der Waals surface area contributed by atoms with Crippen LogP contribution < -0.4 is 21.7 Å². The Morgan fingerprint density at radius 1 is 1.08 bits per heavy atom. The van der Waals surface area contributed by atoms with Crippen molar-refractivity contribution in [1.82, 2.24) is 10.6 Å². The monoisotopic (exact) mass is 362 g/mol. The fraction of sp³-hybridized carbons (Fsp3) is 0.526. The summed E-state index contributed by atoms with van der Waals surface area (Å²) in [6.07, 6.45) is 0.772. The molecular weight excluding hydrogens is 332 g/mol. The van der Waals surface area contributed by atoms with E-state index in [0.717, 1.165) is 12.0 Å². The first kappa shape index (κ1) is 21.6. The number of nitrogens with one attached hydrogen (secondary N) is 3. The van der Waals surface area contributed by atoms with Gasteiger partial charge >= 0.3 is 0 Å². The molecule has 1 rings (SSSR count). The topological polar surface area (TPSA) is 113 Å². The van der Waals surface area contributed by atoms with E-state index < -0.39 is 6.04 Å². The van der Waals surface area contributed by atoms with Crippen molar-refractivity contribution in [3.63, 3.8) is 0 Å². The van der Waals surface area contributed by atoms with Crippen molar-refractivity contribution in [3.05, 3.63) is 29.8 Å². The second-order valence-corrected chi connectivity index (χ2v) is 6.76. The molecule has 5 N–H and O–H groups in total. The maximum Gasteiger partial charge on any atom is 0.239 e. The zero-order valence-electron chi connectivity index (χ0n) is 16.0. The van der Waals surface area contributed by atoms with Crippen LogP contribution in [0.5, 0.6) is 0 Å². The van der Waals surface area contributed by atoms with Crippen molar-refractivity contribution in [2.75, 3.05) is 11.9 Å². The molecule has 0 bridgehead atoms. The number of anilines is 1. The third-order valence-electron chi connectivity index (χ3n) is 4.19. The van der Waals surface area contributed by atoms with Gasteiger partial charge in [0, 0.05) is 18.2 Å². The summed E-state index contributed by atoms with van der Waals surface area (Å²) in [6, 6.07) is 6.66. The van der Waals surface area contributed by atoms with Crippen molar-refractivity contribution in [2.45, 2.75) is 46.7 Å². The van der Waals surface area contributed by atoms with E-state index in [-0.39, 0.29) is 36.1 Å². The Morgan fingerprint density at radius 2 is 1.77 bits per heavy atom. The summed E-state index contributed by atoms with van der Waals surface area (Å²) >= 11 is 0. The standard InChI is InChI=1S/C19H30N4O3/c1-5-13(4)18(25)23-15-8-6-7-14(9-15)10-21-16(24)11-22-19(26)17(20)12(2)3/h6-9,12-13,17H,5,10-11,20H2,1-4H3,(H,21,24)(H,22,26)(H,23,25)/t13?,17-/m0/s1. The summed E-state index contributed by atoms with van der Waals surface area (Å²) in [5, 5.41) is 8.11. The molecule has 144 valence electrons. The second kappa shape index (κ2) is 10.6. The molecule has 0 saturated heterocycles. The fourth-order valence-electron chi connectivity index (χ4n) is 2.06. The van der Waals surface area contributed by atoms with E-state index in [9.17, 15) is 14.4 Å². The third-order valence-corrected chi connectivity index (χ3v) is 4.19. The molecule has 0 spiro atoms. The first-order valence-corrected chi connectivity index (χ1v) is 8.94. The molecule has 0 fully saturated rings. The Hall–Kier alpha value is -2.41. The van der Waals surface area contributed by atoms with Crippen LogP contribution in [0.3, 0.4) is 0 Å². The number of benzene rings is 1. The lowest BCUT2D eigenvalue weighted by Crippen LogP contribution is -2.47. The lowest BCUT2D eigenvalue weighted by atomic mass is 10.1. The van der Waals surface area contributed by atoms with Crippen LogP contribution in [0.4, 0.5) is 5.69 Å². The van der Waals surface area contributed by atoms with Crippen LogP contribution in [-0.4, -0.2) is 30.3 Å². The van der Waals surface area contributed by atoms with E-state index in [4.69, 9.17) is 5.73 Å². The van der Waals surface area contributed by atoms with Gasteiger partial charge in [0.15, 0.2) is 0 Å². The number of hydrogen-bond donors (Lipinski definition) is 4. The second-order valence-electron chi connectivity index (χ2n) is 6.76. The van der Waals surface area contributed by atoms with Crippen LogP contribution >= 0.6 is 0 Å². The molecule has 1 aromatic carbocycles. The first-order chi connectivity index (χ1) is 12.2. The van der Waals surface area contributed by atoms with Gasteiger partial charge in [0.25, 0.3) is 0 Å². The smallest absolute Gasteiger partial charge is 0.239 e. The number of carbonyl (C=O) groups is 3. The van der Waals surface area contributed by atoms with E-state index >= 15 is 0 Å². The first-order valence-electron chi connectivity index (χ1n) is 8.94. The van der Waals surface area contributed by atoms with Gasteiger partial charge in [0.1, 0.15) is 0 Å². The van der Waals surface area contributed by atoms with Gasteiger partial charge in [-0.15, -0.1) is 0 Å². The highest BCUT2D eigenvalue weighted by molar-refractivity contribution is 5.92. The lowest BCUT2D eigenvalue weighted by molar-refractivity contribution is -0.127. The minimum Gasteiger partial charge on any atom is -0.350 e. The summed E-state index contributed by atoms with van der Waals surface area (Å²) in [7, 11) is 0. The summed E-state index contributed by atoms with van der Waals surface area (Å²) in [5.74, 6) is -0.725. The number of hydrogen-bond acceptors (Lipinski definition) is 4. The molecule has 0 aromatic heterocycles. The van der Waals surface area contributed by atoms with Crippen molar-refractivity contribution in [1.29, 1.82) is 0 Å². The van der Waals surface area contributed by atoms with Crippen molar-refractivity contribution >= 4 is 23.4 Å². The molecule has 7 nitrogen and oxygen atoms in total. The van der Waals surface area contributed by atoms with E-state index in [1.165, 1.54) is 0 Å². The van der Waals surface area contributed by atoms with Gasteiger partial charge in [0.05, 0.1) is 12.6 Å². The zero-order chi connectivity index (χ0) is 19.7. The maximum absolute atomic E-state index is 11.9. The minimum absolute atomic E-state index is 0.00596. The molecule has 2 atom stereocenters. The summed E-state index contributed by atoms with van der Waals surface area (Å²) in [6.45, 7) is 7.71. The summed E-state index contributed by atoms with van der Waals surface area (Å²) < 4.78 is 0. The van der Waals surface area contributed by atoms with Crippen LogP contribution in [0.1, 0.15) is 39.7 Å². The molecule has 0 radical (unpaired) electrons. The van der Waals surface area contributed by atoms with Gasteiger partial charge in [0.2, 0.25) is 17.7 Å². The average molecular weight is 362 g/mol. The van der Waals surface area contributed by atoms with Crippen molar-refractivity contribution in [3.8, 4) is 0 Å². The predicted molar refractivity (Wildman–Crippen MR) is 102 cm³/mol. The van der Waals surface area contributed by atoms with Crippen molar-refractivity contribution < 1.29 is 14.4 Å². The van der Waals surface area contributed by atoms with Crippen molar-refractivity contribution in [2.24, 2.45) is 17.6 Å². The Labute approximate surface area is 155 Å². The normalized spacial score (nSPS) is 13.0. The van der Waals surface area contributed by atoms with Crippen LogP contribution in [0.25, 0.3) is 0 Å². The van der Waals surface area contributed by atoms with Gasteiger partial charge in [-0.1, -0.05) is 39.8 Å². The Morgan fingerprint density at radius 3 is 2.38 bits per heavy atom. The van der Waals surface area contributed by atoms with Gasteiger partial charge in [-0.3, -0.25) is 14.4 Å². The average Bonchev–Trinajstić information content (AvgIpc) is 2.63. The van der Waals surface area contributed by atoms with Gasteiger partial charge in [-0.05, 0) is 30.0 Å². The quantitative estimate of drug-likeness (QED) is 0.531. The fourth-order valence-corrected chi connectivity index (χ4v) is 2.06. The van der Waals surface area contributed by atoms with Crippen LogP contribution in [0, 0.1) is 11.8 Å². The third kappa shape index (κ3) is 7.23. The highest BCUT2D eigenvalue weighted by atomic mass is 16.2. The van der Waals surface area contributed by atoms with Gasteiger partial charge < -0.3 is 21.7 Å². The molecule has 0 saturated carbocycles. The highest BCUT2D eigenvalue weighted by Crippen LogP contribution is 2.13. The molecule has 7 heteroatoms. The molecule has 1 aromatic rings. The highest BCUT2D eigenvalue weighted by Gasteiger charge is 2.17. The number of amides is 3. The number of nitrogens with two attached hydrogens (primary N) is 1. The van der Waals surface area contributed by atoms with Crippen LogP contribution in [-0.2, 0) is 20.9 Å². The summed E-state index contributed by atoms with van der Waals surface area (Å²) in [5.41, 5.74) is 7.27. The molecule has 26 heavy (non-hydrogen) atoms. The Bertz CT molecular complexity index is 631. The molecule has 0 aliphatic heterocycles. The Balaban J connectivity index is 2.47. The zero-order valence-corrected chi connectivity index (χ0v) is 16.0. The summed E-state index contributed by atoms with van der Waals surface area (Å²) in [4.78, 5) is 35.5. The van der Waals surface area contributed by atoms with Gasteiger partial charge in [-0.25, -0.2) is 0 Å². The van der Waals surface area contributed by atoms with E-state index in [2.05, 4.69) is 16.0 Å². The van der Waals surface area contributed by atoms with Crippen LogP contribution in [0.15, 0.2) is 24.3 Å². The number of rotatable bonds is 9. The maximum atomic E-state index is 11.9. The molecule has 0 heterocycles.